The fourth-order valence-corrected chi connectivity index (χ4v) is 3.03. The van der Waals surface area contributed by atoms with Crippen LogP contribution in [0.3, 0.4) is 0 Å². The molecule has 22 heavy (non-hydrogen) atoms. The average molecular weight is 366 g/mol. The van der Waals surface area contributed by atoms with Gasteiger partial charge < -0.3 is 14.7 Å². The molecule has 0 radical (unpaired) electrons. The summed E-state index contributed by atoms with van der Waals surface area (Å²) in [5, 5.41) is 9.25. The minimum absolute atomic E-state index is 0.0259. The van der Waals surface area contributed by atoms with E-state index in [2.05, 4.69) is 31.9 Å². The van der Waals surface area contributed by atoms with Gasteiger partial charge in [-0.3, -0.25) is 0 Å². The summed E-state index contributed by atoms with van der Waals surface area (Å²) in [5.41, 5.74) is 0.575. The smallest absolute Gasteiger partial charge is 0.319 e. The van der Waals surface area contributed by atoms with Gasteiger partial charge in [0.05, 0.1) is 5.56 Å². The van der Waals surface area contributed by atoms with Crippen LogP contribution in [-0.2, 0) is 0 Å². The molecule has 1 aliphatic heterocycles. The van der Waals surface area contributed by atoms with Gasteiger partial charge in [0.2, 0.25) is 0 Å². The summed E-state index contributed by atoms with van der Waals surface area (Å²) >= 11 is 3.34. The minimum atomic E-state index is 0.0259. The van der Waals surface area contributed by atoms with E-state index in [0.29, 0.717) is 5.56 Å². The van der Waals surface area contributed by atoms with Gasteiger partial charge in [-0.05, 0) is 34.8 Å². The Hall–Kier alpha value is -1.81. The Morgan fingerprint density at radius 1 is 1.41 bits per heavy atom. The Morgan fingerprint density at radius 2 is 2.05 bits per heavy atom. The van der Waals surface area contributed by atoms with E-state index in [1.807, 2.05) is 7.05 Å². The zero-order valence-electron chi connectivity index (χ0n) is 13.1. The Kier molecular flexibility index (Phi) is 5.24. The van der Waals surface area contributed by atoms with E-state index in [1.54, 1.807) is 36.2 Å². The third-order valence-electron chi connectivity index (χ3n) is 3.95. The fourth-order valence-electron chi connectivity index (χ4n) is 2.70. The predicted molar refractivity (Wildman–Crippen MR) is 88.7 cm³/mol. The molecule has 0 unspecified atom stereocenters. The van der Waals surface area contributed by atoms with E-state index in [-0.39, 0.29) is 12.1 Å². The van der Waals surface area contributed by atoms with Crippen molar-refractivity contribution in [1.82, 2.24) is 14.8 Å². The molecule has 0 N–H and O–H groups in total. The lowest BCUT2D eigenvalue weighted by molar-refractivity contribution is 0.155. The SMILES string of the molecule is CN(C)C(=O)N(C)C1CCN(c2ncc(Br)cc2C#N)CC1. The first kappa shape index (κ1) is 16.6. The van der Waals surface area contributed by atoms with Gasteiger partial charge in [0, 0.05) is 50.9 Å². The largest absolute Gasteiger partial charge is 0.355 e. The Bertz CT molecular complexity index is 590. The highest BCUT2D eigenvalue weighted by Gasteiger charge is 2.27. The molecule has 0 aromatic carbocycles. The normalized spacial score (nSPS) is 15.3. The standard InChI is InChI=1S/C15H20BrN5O/c1-19(2)15(22)20(3)13-4-6-21(7-5-13)14-11(9-17)8-12(16)10-18-14/h8,10,13H,4-7H2,1-3H3. The van der Waals surface area contributed by atoms with E-state index in [1.165, 1.54) is 0 Å². The van der Waals surface area contributed by atoms with Crippen LogP contribution in [0.4, 0.5) is 10.6 Å². The second kappa shape index (κ2) is 6.97. The van der Waals surface area contributed by atoms with Gasteiger partial charge in [-0.1, -0.05) is 0 Å². The lowest BCUT2D eigenvalue weighted by atomic mass is 10.0. The number of piperidine rings is 1. The number of nitrogens with zero attached hydrogens (tertiary/aromatic N) is 5. The van der Waals surface area contributed by atoms with Crippen LogP contribution in [0, 0.1) is 11.3 Å². The Labute approximate surface area is 139 Å². The molecule has 1 aliphatic rings. The lowest BCUT2D eigenvalue weighted by Gasteiger charge is -2.38. The zero-order chi connectivity index (χ0) is 16.3. The molecule has 0 spiro atoms. The first-order valence-corrected chi connectivity index (χ1v) is 7.98. The number of nitriles is 1. The Morgan fingerprint density at radius 3 is 2.59 bits per heavy atom. The molecule has 118 valence electrons. The predicted octanol–water partition coefficient (Wildman–Crippen LogP) is 2.30. The number of hydrogen-bond acceptors (Lipinski definition) is 4. The van der Waals surface area contributed by atoms with Crippen LogP contribution < -0.4 is 4.90 Å². The maximum Gasteiger partial charge on any atom is 0.319 e. The van der Waals surface area contributed by atoms with Crippen molar-refractivity contribution in [3.63, 3.8) is 0 Å². The van der Waals surface area contributed by atoms with Crippen molar-refractivity contribution < 1.29 is 4.79 Å². The van der Waals surface area contributed by atoms with Crippen molar-refractivity contribution in [2.75, 3.05) is 39.1 Å². The molecule has 1 saturated heterocycles. The third kappa shape index (κ3) is 3.50. The maximum absolute atomic E-state index is 12.0. The summed E-state index contributed by atoms with van der Waals surface area (Å²) in [6.45, 7) is 1.58. The van der Waals surface area contributed by atoms with Crippen LogP contribution in [-0.4, -0.2) is 61.1 Å². The summed E-state index contributed by atoms with van der Waals surface area (Å²) in [6, 6.07) is 4.24. The van der Waals surface area contributed by atoms with Crippen molar-refractivity contribution in [3.05, 3.63) is 22.3 Å². The molecule has 0 saturated carbocycles. The second-order valence-electron chi connectivity index (χ2n) is 5.64. The summed E-state index contributed by atoms with van der Waals surface area (Å²) in [6.07, 6.45) is 3.46. The van der Waals surface area contributed by atoms with Crippen LogP contribution in [0.5, 0.6) is 0 Å². The van der Waals surface area contributed by atoms with E-state index in [0.717, 1.165) is 36.2 Å². The molecule has 6 nitrogen and oxygen atoms in total. The van der Waals surface area contributed by atoms with Gasteiger partial charge in [-0.2, -0.15) is 5.26 Å². The minimum Gasteiger partial charge on any atom is -0.355 e. The number of halogens is 1. The number of anilines is 1. The second-order valence-corrected chi connectivity index (χ2v) is 6.56. The van der Waals surface area contributed by atoms with Gasteiger partial charge in [-0.25, -0.2) is 9.78 Å². The molecule has 2 rings (SSSR count). The molecule has 0 atom stereocenters. The highest BCUT2D eigenvalue weighted by Crippen LogP contribution is 2.25. The molecule has 2 amide bonds. The zero-order valence-corrected chi connectivity index (χ0v) is 14.7. The highest BCUT2D eigenvalue weighted by molar-refractivity contribution is 9.10. The number of amides is 2. The van der Waals surface area contributed by atoms with Gasteiger partial charge >= 0.3 is 6.03 Å². The quantitative estimate of drug-likeness (QED) is 0.806. The maximum atomic E-state index is 12.0. The van der Waals surface area contributed by atoms with Crippen molar-refractivity contribution >= 4 is 27.8 Å². The van der Waals surface area contributed by atoms with Crippen LogP contribution in [0.1, 0.15) is 18.4 Å². The molecule has 2 heterocycles. The van der Waals surface area contributed by atoms with Crippen LogP contribution >= 0.6 is 15.9 Å². The number of carbonyl (C=O) groups excluding carboxylic acids is 1. The highest BCUT2D eigenvalue weighted by atomic mass is 79.9. The first-order chi connectivity index (χ1) is 10.4. The number of urea groups is 1. The summed E-state index contributed by atoms with van der Waals surface area (Å²) < 4.78 is 0.805. The summed E-state index contributed by atoms with van der Waals surface area (Å²) in [5.74, 6) is 0.728. The lowest BCUT2D eigenvalue weighted by Crippen LogP contribution is -2.48. The molecular weight excluding hydrogens is 346 g/mol. The number of hydrogen-bond donors (Lipinski definition) is 0. The van der Waals surface area contributed by atoms with Crippen LogP contribution in [0.2, 0.25) is 0 Å². The van der Waals surface area contributed by atoms with E-state index < -0.39 is 0 Å². The van der Waals surface area contributed by atoms with Crippen molar-refractivity contribution in [2.45, 2.75) is 18.9 Å². The molecule has 1 fully saturated rings. The van der Waals surface area contributed by atoms with Gasteiger partial charge in [-0.15, -0.1) is 0 Å². The monoisotopic (exact) mass is 365 g/mol. The number of pyridine rings is 1. The van der Waals surface area contributed by atoms with E-state index >= 15 is 0 Å². The van der Waals surface area contributed by atoms with Crippen molar-refractivity contribution in [2.24, 2.45) is 0 Å². The third-order valence-corrected chi connectivity index (χ3v) is 4.38. The van der Waals surface area contributed by atoms with Gasteiger partial charge in [0.1, 0.15) is 11.9 Å². The van der Waals surface area contributed by atoms with Crippen molar-refractivity contribution in [1.29, 1.82) is 5.26 Å². The fraction of sp³-hybridized carbons (Fsp3) is 0.533. The van der Waals surface area contributed by atoms with Gasteiger partial charge in [0.15, 0.2) is 0 Å². The van der Waals surface area contributed by atoms with Crippen LogP contribution in [0.25, 0.3) is 0 Å². The number of rotatable bonds is 2. The van der Waals surface area contributed by atoms with Crippen molar-refractivity contribution in [3.8, 4) is 6.07 Å². The molecule has 1 aromatic rings. The molecule has 7 heteroatoms. The van der Waals surface area contributed by atoms with Crippen LogP contribution in [0.15, 0.2) is 16.7 Å². The summed E-state index contributed by atoms with van der Waals surface area (Å²) in [7, 11) is 5.37. The summed E-state index contributed by atoms with van der Waals surface area (Å²) in [4.78, 5) is 21.9. The van der Waals surface area contributed by atoms with Gasteiger partial charge in [0.25, 0.3) is 0 Å². The number of carbonyl (C=O) groups is 1. The Balaban J connectivity index is 2.04. The van der Waals surface area contributed by atoms with E-state index in [4.69, 9.17) is 0 Å². The molecule has 0 bridgehead atoms. The average Bonchev–Trinajstić information content (AvgIpc) is 2.53. The molecule has 0 aliphatic carbocycles. The topological polar surface area (TPSA) is 63.5 Å². The number of aromatic nitrogens is 1. The molecule has 1 aromatic heterocycles. The van der Waals surface area contributed by atoms with E-state index in [9.17, 15) is 10.1 Å². The molecular formula is C15H20BrN5O. The first-order valence-electron chi connectivity index (χ1n) is 7.18.